The molecule has 0 aliphatic heterocycles. The predicted octanol–water partition coefficient (Wildman–Crippen LogP) is 1.42. The van der Waals surface area contributed by atoms with Crippen molar-refractivity contribution in [3.8, 4) is 0 Å². The highest BCUT2D eigenvalue weighted by Gasteiger charge is 1.94. The van der Waals surface area contributed by atoms with Crippen molar-refractivity contribution in [2.24, 2.45) is 0 Å². The van der Waals surface area contributed by atoms with Gasteiger partial charge in [0.25, 0.3) is 0 Å². The lowest BCUT2D eigenvalue weighted by molar-refractivity contribution is 0.0794. The van der Waals surface area contributed by atoms with Crippen molar-refractivity contribution in [2.75, 3.05) is 13.2 Å². The summed E-state index contributed by atoms with van der Waals surface area (Å²) in [6, 6.07) is 0.441. The van der Waals surface area contributed by atoms with Crippen molar-refractivity contribution in [1.82, 2.24) is 5.32 Å². The van der Waals surface area contributed by atoms with Gasteiger partial charge in [-0.25, -0.2) is 5.32 Å². The van der Waals surface area contributed by atoms with Gasteiger partial charge in [0.15, 0.2) is 0 Å². The molecule has 0 amide bonds. The highest BCUT2D eigenvalue weighted by atomic mass is 16.5. The molecule has 1 radical (unpaired) electrons. The van der Waals surface area contributed by atoms with E-state index < -0.39 is 0 Å². The summed E-state index contributed by atoms with van der Waals surface area (Å²) in [6.45, 7) is 9.82. The maximum atomic E-state index is 5.30. The van der Waals surface area contributed by atoms with Gasteiger partial charge >= 0.3 is 0 Å². The quantitative estimate of drug-likeness (QED) is 0.535. The molecule has 0 aromatic rings. The van der Waals surface area contributed by atoms with Crippen LogP contribution in [0.4, 0.5) is 0 Å². The molecule has 0 unspecified atom stereocenters. The van der Waals surface area contributed by atoms with Gasteiger partial charge in [0, 0.05) is 12.6 Å². The molecule has 0 saturated carbocycles. The van der Waals surface area contributed by atoms with Crippen LogP contribution in [0.3, 0.4) is 0 Å². The summed E-state index contributed by atoms with van der Waals surface area (Å²) < 4.78 is 5.30. The van der Waals surface area contributed by atoms with E-state index in [4.69, 9.17) is 4.74 Å². The number of hydrogen-bond donors (Lipinski definition) is 0. The molecule has 0 saturated heterocycles. The Morgan fingerprint density at radius 2 is 1.80 bits per heavy atom. The number of nitrogens with zero attached hydrogens (tertiary/aromatic N) is 1. The van der Waals surface area contributed by atoms with Crippen LogP contribution in [0, 0.1) is 0 Å². The minimum Gasteiger partial charge on any atom is -0.377 e. The highest BCUT2D eigenvalue weighted by Crippen LogP contribution is 1.86. The van der Waals surface area contributed by atoms with E-state index in [9.17, 15) is 0 Å². The molecule has 0 atom stereocenters. The minimum atomic E-state index is 0.336. The van der Waals surface area contributed by atoms with Gasteiger partial charge in [0.05, 0.1) is 12.7 Å². The maximum absolute atomic E-state index is 5.30. The molecule has 0 bridgehead atoms. The van der Waals surface area contributed by atoms with E-state index in [0.29, 0.717) is 12.1 Å². The molecule has 0 N–H and O–H groups in total. The third kappa shape index (κ3) is 7.92. The summed E-state index contributed by atoms with van der Waals surface area (Å²) >= 11 is 0. The van der Waals surface area contributed by atoms with Gasteiger partial charge in [0.1, 0.15) is 0 Å². The molecule has 0 aromatic carbocycles. The Morgan fingerprint density at radius 3 is 2.20 bits per heavy atom. The number of ether oxygens (including phenoxy) is 1. The van der Waals surface area contributed by atoms with Crippen molar-refractivity contribution in [3.05, 3.63) is 0 Å². The molecule has 0 aliphatic carbocycles. The van der Waals surface area contributed by atoms with Gasteiger partial charge in [-0.1, -0.05) is 0 Å². The van der Waals surface area contributed by atoms with Crippen molar-refractivity contribution < 1.29 is 4.74 Å². The Labute approximate surface area is 64.0 Å². The van der Waals surface area contributed by atoms with Crippen molar-refractivity contribution in [1.29, 1.82) is 0 Å². The van der Waals surface area contributed by atoms with Gasteiger partial charge in [-0.3, -0.25) is 0 Å². The summed E-state index contributed by atoms with van der Waals surface area (Å²) in [5, 5.41) is 4.27. The Bertz CT molecular complexity index is 61.7. The Morgan fingerprint density at radius 1 is 1.20 bits per heavy atom. The average molecular weight is 144 g/mol. The van der Waals surface area contributed by atoms with E-state index in [-0.39, 0.29) is 0 Å². The lowest BCUT2D eigenvalue weighted by atomic mass is 10.4. The highest BCUT2D eigenvalue weighted by molar-refractivity contribution is 4.50. The fraction of sp³-hybridized carbons (Fsp3) is 1.00. The normalized spacial score (nSPS) is 11.4. The molecular weight excluding hydrogens is 126 g/mol. The second-order valence-electron chi connectivity index (χ2n) is 2.92. The zero-order valence-corrected chi connectivity index (χ0v) is 7.42. The van der Waals surface area contributed by atoms with E-state index in [1.54, 1.807) is 0 Å². The van der Waals surface area contributed by atoms with Crippen LogP contribution < -0.4 is 5.32 Å². The molecule has 0 aromatic heterocycles. The Kier molecular flexibility index (Phi) is 5.64. The largest absolute Gasteiger partial charge is 0.377 e. The third-order valence-corrected chi connectivity index (χ3v) is 1.04. The summed E-state index contributed by atoms with van der Waals surface area (Å²) in [7, 11) is 0. The maximum Gasteiger partial charge on any atom is 0.0611 e. The SMILES string of the molecule is CC(C)[N]CCOC(C)C. The van der Waals surface area contributed by atoms with Crippen LogP contribution in [0.1, 0.15) is 27.7 Å². The fourth-order valence-corrected chi connectivity index (χ4v) is 0.599. The monoisotopic (exact) mass is 144 g/mol. The Hall–Kier alpha value is -0.0800. The van der Waals surface area contributed by atoms with Gasteiger partial charge in [-0.15, -0.1) is 0 Å². The summed E-state index contributed by atoms with van der Waals surface area (Å²) in [6.07, 6.45) is 0.336. The summed E-state index contributed by atoms with van der Waals surface area (Å²) in [5.41, 5.74) is 0. The number of rotatable bonds is 5. The van der Waals surface area contributed by atoms with Crippen LogP contribution in [0.5, 0.6) is 0 Å². The molecule has 0 rings (SSSR count). The van der Waals surface area contributed by atoms with Crippen LogP contribution in [0.15, 0.2) is 0 Å². The average Bonchev–Trinajstić information content (AvgIpc) is 1.79. The minimum absolute atomic E-state index is 0.336. The molecular formula is C8H18NO. The van der Waals surface area contributed by atoms with Gasteiger partial charge in [-0.05, 0) is 27.7 Å². The zero-order valence-electron chi connectivity index (χ0n) is 7.42. The third-order valence-electron chi connectivity index (χ3n) is 1.04. The second kappa shape index (κ2) is 5.69. The first-order valence-corrected chi connectivity index (χ1v) is 3.91. The zero-order chi connectivity index (χ0) is 7.98. The molecule has 61 valence electrons. The lowest BCUT2D eigenvalue weighted by Gasteiger charge is -2.08. The molecule has 0 fully saturated rings. The van der Waals surface area contributed by atoms with Crippen LogP contribution in [0.2, 0.25) is 0 Å². The molecule has 2 nitrogen and oxygen atoms in total. The summed E-state index contributed by atoms with van der Waals surface area (Å²) in [5.74, 6) is 0. The van der Waals surface area contributed by atoms with E-state index in [0.717, 1.165) is 13.2 Å². The number of hydrogen-bond acceptors (Lipinski definition) is 1. The van der Waals surface area contributed by atoms with Crippen LogP contribution >= 0.6 is 0 Å². The standard InChI is InChI=1S/C8H18NO/c1-7(2)9-5-6-10-8(3)4/h7-8H,5-6H2,1-4H3. The van der Waals surface area contributed by atoms with Crippen LogP contribution in [0.25, 0.3) is 0 Å². The molecule has 10 heavy (non-hydrogen) atoms. The topological polar surface area (TPSA) is 23.3 Å². The van der Waals surface area contributed by atoms with E-state index >= 15 is 0 Å². The fourth-order valence-electron chi connectivity index (χ4n) is 0.599. The lowest BCUT2D eigenvalue weighted by Crippen LogP contribution is -2.20. The first-order valence-electron chi connectivity index (χ1n) is 3.91. The second-order valence-corrected chi connectivity index (χ2v) is 2.92. The van der Waals surface area contributed by atoms with Gasteiger partial charge in [-0.2, -0.15) is 0 Å². The first kappa shape index (κ1) is 9.92. The van der Waals surface area contributed by atoms with E-state index in [1.807, 2.05) is 13.8 Å². The van der Waals surface area contributed by atoms with Crippen LogP contribution in [-0.4, -0.2) is 25.3 Å². The first-order chi connectivity index (χ1) is 4.63. The molecule has 0 aliphatic rings. The molecule has 2 heteroatoms. The van der Waals surface area contributed by atoms with E-state index in [1.165, 1.54) is 0 Å². The van der Waals surface area contributed by atoms with Crippen molar-refractivity contribution in [2.45, 2.75) is 39.8 Å². The molecule has 0 spiro atoms. The van der Waals surface area contributed by atoms with Gasteiger partial charge in [0.2, 0.25) is 0 Å². The predicted molar refractivity (Wildman–Crippen MR) is 43.2 cm³/mol. The Balaban J connectivity index is 2.91. The van der Waals surface area contributed by atoms with E-state index in [2.05, 4.69) is 19.2 Å². The smallest absolute Gasteiger partial charge is 0.0611 e. The van der Waals surface area contributed by atoms with Crippen LogP contribution in [-0.2, 0) is 4.74 Å². The van der Waals surface area contributed by atoms with Gasteiger partial charge < -0.3 is 4.74 Å². The summed E-state index contributed by atoms with van der Waals surface area (Å²) in [4.78, 5) is 0. The van der Waals surface area contributed by atoms with Crippen molar-refractivity contribution >= 4 is 0 Å². The van der Waals surface area contributed by atoms with Crippen molar-refractivity contribution in [3.63, 3.8) is 0 Å². The molecule has 0 heterocycles.